The van der Waals surface area contributed by atoms with Gasteiger partial charge in [-0.25, -0.2) is 14.2 Å². The van der Waals surface area contributed by atoms with Gasteiger partial charge in [0.2, 0.25) is 0 Å². The van der Waals surface area contributed by atoms with Gasteiger partial charge >= 0.3 is 0 Å². The number of nitrogens with zero attached hydrogens (tertiary/aromatic N) is 1. The van der Waals surface area contributed by atoms with Gasteiger partial charge in [-0.15, -0.1) is 0 Å². The molecule has 1 aromatic rings. The molecule has 0 fully saturated rings. The molecule has 0 spiro atoms. The molecular formula is C13H16F2N4OS. The van der Waals surface area contributed by atoms with Gasteiger partial charge in [0.05, 0.1) is 17.2 Å². The van der Waals surface area contributed by atoms with Crippen LogP contribution in [0.25, 0.3) is 0 Å². The Labute approximate surface area is 126 Å². The van der Waals surface area contributed by atoms with Gasteiger partial charge in [0, 0.05) is 11.8 Å². The molecule has 0 saturated carbocycles. The van der Waals surface area contributed by atoms with Gasteiger partial charge in [0.15, 0.2) is 6.29 Å². The fourth-order valence-electron chi connectivity index (χ4n) is 1.52. The SMILES string of the molecule is C\C(F)=C/C=C\C(=C\F)NC(NN)c1cc(C=O)n(S)c1. The van der Waals surface area contributed by atoms with Crippen LogP contribution in [0.15, 0.2) is 48.3 Å². The molecule has 4 N–H and O–H groups in total. The van der Waals surface area contributed by atoms with E-state index in [1.54, 1.807) is 12.3 Å². The summed E-state index contributed by atoms with van der Waals surface area (Å²) in [5, 5.41) is 2.76. The van der Waals surface area contributed by atoms with E-state index in [4.69, 9.17) is 5.84 Å². The van der Waals surface area contributed by atoms with Crippen molar-refractivity contribution in [3.63, 3.8) is 0 Å². The predicted molar refractivity (Wildman–Crippen MR) is 80.6 cm³/mol. The molecule has 21 heavy (non-hydrogen) atoms. The highest BCUT2D eigenvalue weighted by molar-refractivity contribution is 7.78. The lowest BCUT2D eigenvalue weighted by Gasteiger charge is -2.17. The second kappa shape index (κ2) is 8.40. The summed E-state index contributed by atoms with van der Waals surface area (Å²) in [6, 6.07) is 1.54. The number of thiol groups is 1. The Hall–Kier alpha value is -1.90. The van der Waals surface area contributed by atoms with Crippen molar-refractivity contribution < 1.29 is 13.6 Å². The van der Waals surface area contributed by atoms with Crippen LogP contribution in [0.4, 0.5) is 8.78 Å². The van der Waals surface area contributed by atoms with Crippen LogP contribution in [-0.4, -0.2) is 10.3 Å². The maximum Gasteiger partial charge on any atom is 0.167 e. The Kier molecular flexibility index (Phi) is 6.86. The summed E-state index contributed by atoms with van der Waals surface area (Å²) in [5.41, 5.74) is 3.43. The first-order valence-corrected chi connectivity index (χ1v) is 6.32. The number of aldehydes is 1. The summed E-state index contributed by atoms with van der Waals surface area (Å²) in [6.45, 7) is 1.28. The number of hydrazine groups is 1. The average Bonchev–Trinajstić information content (AvgIpc) is 2.83. The fourth-order valence-corrected chi connectivity index (χ4v) is 1.76. The van der Waals surface area contributed by atoms with E-state index in [1.807, 2.05) is 0 Å². The average molecular weight is 314 g/mol. The normalized spacial score (nSPS) is 14.5. The number of hydrogen-bond acceptors (Lipinski definition) is 5. The summed E-state index contributed by atoms with van der Waals surface area (Å²) in [7, 11) is 0. The molecule has 114 valence electrons. The van der Waals surface area contributed by atoms with Gasteiger partial charge in [0.1, 0.15) is 12.5 Å². The third-order valence-corrected chi connectivity index (χ3v) is 2.85. The Morgan fingerprint density at radius 2 is 2.29 bits per heavy atom. The summed E-state index contributed by atoms with van der Waals surface area (Å²) in [6.07, 6.45) is 5.72. The first kappa shape index (κ1) is 17.2. The maximum absolute atomic E-state index is 12.8. The van der Waals surface area contributed by atoms with Gasteiger partial charge < -0.3 is 5.32 Å². The molecule has 0 radical (unpaired) electrons. The van der Waals surface area contributed by atoms with Crippen molar-refractivity contribution in [1.82, 2.24) is 14.7 Å². The molecule has 1 atom stereocenters. The van der Waals surface area contributed by atoms with Crippen LogP contribution < -0.4 is 16.6 Å². The number of aromatic nitrogens is 1. The molecule has 0 aromatic carbocycles. The van der Waals surface area contributed by atoms with Crippen molar-refractivity contribution in [3.05, 3.63) is 59.6 Å². The van der Waals surface area contributed by atoms with E-state index in [2.05, 4.69) is 23.6 Å². The molecule has 5 nitrogen and oxygen atoms in total. The van der Waals surface area contributed by atoms with Crippen molar-refractivity contribution in [2.45, 2.75) is 13.1 Å². The van der Waals surface area contributed by atoms with Crippen LogP contribution in [0.3, 0.4) is 0 Å². The van der Waals surface area contributed by atoms with E-state index >= 15 is 0 Å². The van der Waals surface area contributed by atoms with E-state index in [9.17, 15) is 13.6 Å². The minimum absolute atomic E-state index is 0.0787. The van der Waals surface area contributed by atoms with Crippen LogP contribution in [-0.2, 0) is 0 Å². The van der Waals surface area contributed by atoms with Crippen molar-refractivity contribution in [2.24, 2.45) is 5.84 Å². The third kappa shape index (κ3) is 5.18. The number of carbonyl (C=O) groups is 1. The Morgan fingerprint density at radius 3 is 2.76 bits per heavy atom. The van der Waals surface area contributed by atoms with Gasteiger partial charge in [0.25, 0.3) is 0 Å². The largest absolute Gasteiger partial charge is 0.363 e. The number of carbonyl (C=O) groups excluding carboxylic acids is 1. The third-order valence-electron chi connectivity index (χ3n) is 2.50. The van der Waals surface area contributed by atoms with Crippen molar-refractivity contribution in [3.8, 4) is 0 Å². The molecule has 1 unspecified atom stereocenters. The zero-order chi connectivity index (χ0) is 15.8. The summed E-state index contributed by atoms with van der Waals surface area (Å²) >= 11 is 4.06. The molecule has 0 amide bonds. The zero-order valence-electron chi connectivity index (χ0n) is 11.3. The number of allylic oxidation sites excluding steroid dienone is 4. The van der Waals surface area contributed by atoms with Crippen molar-refractivity contribution in [2.75, 3.05) is 0 Å². The maximum atomic E-state index is 12.8. The van der Waals surface area contributed by atoms with Crippen LogP contribution >= 0.6 is 12.8 Å². The molecule has 1 aromatic heterocycles. The number of nitrogens with two attached hydrogens (primary N) is 1. The molecule has 0 aliphatic heterocycles. The standard InChI is InChI=1S/C13H16F2N4OS/c1-9(15)3-2-4-11(6-14)17-13(18-16)10-5-12(8-20)19(21)7-10/h2-8,13,17-18,21H,16H2,1H3/b4-2-,9-3+,11-6-. The minimum atomic E-state index is -0.654. The molecule has 0 saturated heterocycles. The highest BCUT2D eigenvalue weighted by Gasteiger charge is 2.13. The number of nitrogens with one attached hydrogen (secondary N) is 2. The fraction of sp³-hybridized carbons (Fsp3) is 0.154. The van der Waals surface area contributed by atoms with Crippen molar-refractivity contribution in [1.29, 1.82) is 0 Å². The highest BCUT2D eigenvalue weighted by atomic mass is 32.1. The van der Waals surface area contributed by atoms with Crippen LogP contribution in [0.2, 0.25) is 0 Å². The Morgan fingerprint density at radius 1 is 1.57 bits per heavy atom. The molecule has 8 heteroatoms. The van der Waals surface area contributed by atoms with Crippen LogP contribution in [0.1, 0.15) is 29.1 Å². The number of rotatable bonds is 7. The molecule has 0 aliphatic rings. The Balaban J connectivity index is 2.87. The van der Waals surface area contributed by atoms with E-state index in [-0.39, 0.29) is 5.70 Å². The van der Waals surface area contributed by atoms with Crippen LogP contribution in [0, 0.1) is 0 Å². The second-order valence-corrected chi connectivity index (χ2v) is 4.51. The van der Waals surface area contributed by atoms with Crippen molar-refractivity contribution >= 4 is 19.1 Å². The lowest BCUT2D eigenvalue weighted by Crippen LogP contribution is -2.37. The molecule has 0 aliphatic carbocycles. The van der Waals surface area contributed by atoms with Crippen LogP contribution in [0.5, 0.6) is 0 Å². The van der Waals surface area contributed by atoms with E-state index in [0.29, 0.717) is 23.9 Å². The highest BCUT2D eigenvalue weighted by Crippen LogP contribution is 2.16. The Bertz CT molecular complexity index is 577. The van der Waals surface area contributed by atoms with E-state index in [1.165, 1.54) is 29.1 Å². The van der Waals surface area contributed by atoms with E-state index in [0.717, 1.165) is 0 Å². The summed E-state index contributed by atoms with van der Waals surface area (Å²) < 4.78 is 26.7. The minimum Gasteiger partial charge on any atom is -0.363 e. The predicted octanol–water partition coefficient (Wildman–Crippen LogP) is 2.29. The molecule has 1 rings (SSSR count). The monoisotopic (exact) mass is 314 g/mol. The molecule has 0 bridgehead atoms. The van der Waals surface area contributed by atoms with E-state index < -0.39 is 12.0 Å². The topological polar surface area (TPSA) is 72.1 Å². The first-order valence-electron chi connectivity index (χ1n) is 5.92. The van der Waals surface area contributed by atoms with Gasteiger partial charge in [-0.05, 0) is 25.1 Å². The quantitative estimate of drug-likeness (QED) is 0.156. The molecule has 1 heterocycles. The van der Waals surface area contributed by atoms with Gasteiger partial charge in [-0.2, -0.15) is 0 Å². The first-order chi connectivity index (χ1) is 10.0. The number of hydrogen-bond donors (Lipinski definition) is 4. The lowest BCUT2D eigenvalue weighted by molar-refractivity contribution is 0.111. The van der Waals surface area contributed by atoms with Gasteiger partial charge in [-0.1, -0.05) is 18.9 Å². The lowest BCUT2D eigenvalue weighted by atomic mass is 10.2. The second-order valence-electron chi connectivity index (χ2n) is 4.08. The zero-order valence-corrected chi connectivity index (χ0v) is 12.1. The summed E-state index contributed by atoms with van der Waals surface area (Å²) in [5.74, 6) is 5.00. The summed E-state index contributed by atoms with van der Waals surface area (Å²) in [4.78, 5) is 10.8. The smallest absolute Gasteiger partial charge is 0.167 e. The molecular weight excluding hydrogens is 298 g/mol. The van der Waals surface area contributed by atoms with Gasteiger partial charge in [-0.3, -0.25) is 14.6 Å². The number of halogens is 2.